The van der Waals surface area contributed by atoms with Crippen LogP contribution in [0.5, 0.6) is 0 Å². The Hall–Kier alpha value is -5.45. The average Bonchev–Trinajstić information content (AvgIpc) is 3.82. The zero-order valence-corrected chi connectivity index (χ0v) is 29.6. The summed E-state index contributed by atoms with van der Waals surface area (Å²) in [5, 5.41) is 18.9. The second-order valence-corrected chi connectivity index (χ2v) is 14.9. The topological polar surface area (TPSA) is 140 Å². The molecule has 0 radical (unpaired) electrons. The molecule has 4 aromatic heterocycles. The molecule has 6 unspecified atom stereocenters. The Bertz CT molecular complexity index is 2180. The van der Waals surface area contributed by atoms with Gasteiger partial charge >= 0.3 is 0 Å². The van der Waals surface area contributed by atoms with E-state index < -0.39 is 0 Å². The van der Waals surface area contributed by atoms with Crippen molar-refractivity contribution in [1.29, 1.82) is 0 Å². The summed E-state index contributed by atoms with van der Waals surface area (Å²) in [5.74, 6) is 3.42. The number of nitrogens with zero attached hydrogens (tertiary/aromatic N) is 7. The first-order chi connectivity index (χ1) is 25.5. The van der Waals surface area contributed by atoms with E-state index >= 15 is 0 Å². The Morgan fingerprint density at radius 3 is 1.64 bits per heavy atom. The van der Waals surface area contributed by atoms with Crippen molar-refractivity contribution in [3.05, 3.63) is 157 Å². The number of aromatic nitrogens is 9. The normalized spacial score (nSPS) is 23.8. The summed E-state index contributed by atoms with van der Waals surface area (Å²) in [6.45, 7) is 0. The lowest BCUT2D eigenvalue weighted by Crippen LogP contribution is -2.33. The van der Waals surface area contributed by atoms with Crippen LogP contribution in [-0.2, 0) is 26.9 Å². The highest BCUT2D eigenvalue weighted by atomic mass is 16.1. The first-order valence-electron chi connectivity index (χ1n) is 18.6. The van der Waals surface area contributed by atoms with Crippen LogP contribution in [0.1, 0.15) is 138 Å². The summed E-state index contributed by atoms with van der Waals surface area (Å²) < 4.78 is 3.92. The highest BCUT2D eigenvalue weighted by Gasteiger charge is 2.44. The van der Waals surface area contributed by atoms with Crippen LogP contribution in [0.25, 0.3) is 0 Å². The fourth-order valence-corrected chi connectivity index (χ4v) is 9.92. The van der Waals surface area contributed by atoms with Gasteiger partial charge in [0.1, 0.15) is 18.0 Å². The number of aryl methyl sites for hydroxylation is 2. The molecule has 272 valence electrons. The fraction of sp³-hybridized carbons (Fsp3) is 0.405. The largest absolute Gasteiger partial charge is 0.337 e. The van der Waals surface area contributed by atoms with Gasteiger partial charge in [-0.05, 0) is 91.4 Å². The molecule has 6 aromatic rings. The molecule has 53 heavy (non-hydrogen) atoms. The van der Waals surface area contributed by atoms with E-state index in [1.165, 1.54) is 22.3 Å². The highest BCUT2D eigenvalue weighted by Crippen LogP contribution is 2.53. The molecule has 2 N–H and O–H groups in total. The predicted octanol–water partition coefficient (Wildman–Crippen LogP) is 6.52. The van der Waals surface area contributed by atoms with Crippen LogP contribution in [0, 0.1) is 0 Å². The van der Waals surface area contributed by atoms with Crippen LogP contribution in [0.15, 0.2) is 89.0 Å². The van der Waals surface area contributed by atoms with E-state index in [9.17, 15) is 9.59 Å². The van der Waals surface area contributed by atoms with Gasteiger partial charge in [0.05, 0.1) is 23.2 Å². The Morgan fingerprint density at radius 1 is 0.679 bits per heavy atom. The molecule has 6 atom stereocenters. The van der Waals surface area contributed by atoms with Gasteiger partial charge in [-0.25, -0.2) is 20.2 Å². The molecular formula is C42H47N9O2. The maximum Gasteiger partial charge on any atom is 0.267 e. The first kappa shape index (κ1) is 34.6. The minimum Gasteiger partial charge on any atom is -0.337 e. The van der Waals surface area contributed by atoms with E-state index in [0.29, 0.717) is 17.8 Å². The van der Waals surface area contributed by atoms with Gasteiger partial charge in [-0.3, -0.25) is 14.3 Å². The summed E-state index contributed by atoms with van der Waals surface area (Å²) >= 11 is 0. The zero-order chi connectivity index (χ0) is 35.3. The number of rotatable bonds is 4. The van der Waals surface area contributed by atoms with Crippen molar-refractivity contribution in [1.82, 2.24) is 44.7 Å². The molecule has 10 rings (SSSR count). The lowest BCUT2D eigenvalue weighted by Gasteiger charge is -2.39. The summed E-state index contributed by atoms with van der Waals surface area (Å²) in [6.07, 6.45) is 13.6. The third kappa shape index (κ3) is 5.96. The van der Waals surface area contributed by atoms with E-state index in [1.807, 2.05) is 37.2 Å². The lowest BCUT2D eigenvalue weighted by atomic mass is 9.65. The van der Waals surface area contributed by atoms with Gasteiger partial charge in [-0.2, -0.15) is 15.3 Å². The first-order valence-corrected chi connectivity index (χ1v) is 18.6. The van der Waals surface area contributed by atoms with Crippen molar-refractivity contribution < 1.29 is 0 Å². The average molecular weight is 710 g/mol. The Labute approximate surface area is 309 Å². The highest BCUT2D eigenvalue weighted by molar-refractivity contribution is 5.46. The minimum absolute atomic E-state index is 0. The zero-order valence-electron chi connectivity index (χ0n) is 29.6. The third-order valence-corrected chi connectivity index (χ3v) is 12.2. The van der Waals surface area contributed by atoms with Crippen molar-refractivity contribution >= 4 is 0 Å². The number of benzene rings is 2. The minimum atomic E-state index is -0.0247. The van der Waals surface area contributed by atoms with E-state index in [0.717, 1.165) is 85.5 Å². The van der Waals surface area contributed by atoms with Crippen molar-refractivity contribution in [3.63, 3.8) is 0 Å². The molecule has 4 aliphatic rings. The van der Waals surface area contributed by atoms with Crippen LogP contribution >= 0.6 is 0 Å². The molecule has 0 saturated heterocycles. The molecule has 0 aliphatic heterocycles. The van der Waals surface area contributed by atoms with Gasteiger partial charge in [-0.1, -0.05) is 68.1 Å². The van der Waals surface area contributed by atoms with Gasteiger partial charge in [-0.15, -0.1) is 0 Å². The summed E-state index contributed by atoms with van der Waals surface area (Å²) in [4.78, 5) is 34.0. The molecule has 2 aromatic carbocycles. The second-order valence-electron chi connectivity index (χ2n) is 14.9. The van der Waals surface area contributed by atoms with Gasteiger partial charge in [0.2, 0.25) is 0 Å². The molecule has 11 nitrogen and oxygen atoms in total. The standard InChI is InChI=1S/C21H22N4O.C20H21N5O.CH4/c1-25-11-10-22-20(25)18-16(13-6-3-2-4-7-13)12-14-8-5-9-15-17(14)19(18)23-24-21(15)26;1-25-19(21-11-22-25)17-15(12-6-3-2-4-7-12)10-13-8-5-9-14-16(13)18(17)23-24-20(14)26;/h2-4,6-7,10-11,14,16,18H,5,8-9,12H2,1H3,(H,24,26);2-4,6-7,11,13,15,17H,5,8-10H2,1H3,(H,24,26);1H4. The lowest BCUT2D eigenvalue weighted by molar-refractivity contribution is 0.384. The SMILES string of the molecule is C.Cn1ccnc1C1c2n[nH]c(=O)c3c2C(CCC3)CC1c1ccccc1.Cn1ncnc1C1c2n[nH]c(=O)c3c2C(CCC3)CC1c1ccccc1. The molecule has 0 spiro atoms. The fourth-order valence-electron chi connectivity index (χ4n) is 9.92. The second kappa shape index (κ2) is 14.2. The predicted molar refractivity (Wildman–Crippen MR) is 203 cm³/mol. The van der Waals surface area contributed by atoms with Crippen molar-refractivity contribution in [2.45, 2.75) is 94.3 Å². The smallest absolute Gasteiger partial charge is 0.267 e. The number of H-pyrrole nitrogens is 2. The molecule has 11 heteroatoms. The molecule has 4 heterocycles. The van der Waals surface area contributed by atoms with Crippen LogP contribution in [0.2, 0.25) is 0 Å². The molecule has 0 amide bonds. The van der Waals surface area contributed by atoms with Crippen LogP contribution in [0.4, 0.5) is 0 Å². The van der Waals surface area contributed by atoms with Gasteiger partial charge in [0, 0.05) is 43.5 Å². The van der Waals surface area contributed by atoms with E-state index in [-0.39, 0.29) is 36.3 Å². The number of nitrogens with one attached hydrogen (secondary N) is 2. The number of imidazole rings is 1. The Morgan fingerprint density at radius 2 is 1.19 bits per heavy atom. The quantitative estimate of drug-likeness (QED) is 0.213. The van der Waals surface area contributed by atoms with E-state index in [1.54, 1.807) is 6.33 Å². The number of aromatic amines is 2. The maximum absolute atomic E-state index is 12.4. The van der Waals surface area contributed by atoms with Crippen molar-refractivity contribution in [3.8, 4) is 0 Å². The summed E-state index contributed by atoms with van der Waals surface area (Å²) in [5.41, 5.74) is 8.88. The Kier molecular flexibility index (Phi) is 9.26. The maximum atomic E-state index is 12.4. The monoisotopic (exact) mass is 709 g/mol. The summed E-state index contributed by atoms with van der Waals surface area (Å²) in [7, 11) is 3.96. The van der Waals surface area contributed by atoms with Crippen LogP contribution < -0.4 is 11.1 Å². The molecule has 0 saturated carbocycles. The van der Waals surface area contributed by atoms with Crippen molar-refractivity contribution in [2.24, 2.45) is 14.1 Å². The van der Waals surface area contributed by atoms with Gasteiger partial charge in [0.15, 0.2) is 0 Å². The van der Waals surface area contributed by atoms with Crippen LogP contribution in [-0.4, -0.2) is 44.7 Å². The molecule has 0 fully saturated rings. The third-order valence-electron chi connectivity index (χ3n) is 12.2. The van der Waals surface area contributed by atoms with Gasteiger partial charge < -0.3 is 4.57 Å². The van der Waals surface area contributed by atoms with Crippen molar-refractivity contribution in [2.75, 3.05) is 0 Å². The molecule has 0 bridgehead atoms. The van der Waals surface area contributed by atoms with Gasteiger partial charge in [0.25, 0.3) is 11.1 Å². The number of hydrogen-bond donors (Lipinski definition) is 2. The Balaban J connectivity index is 0.000000148. The van der Waals surface area contributed by atoms with Crippen LogP contribution in [0.3, 0.4) is 0 Å². The summed E-state index contributed by atoms with van der Waals surface area (Å²) in [6, 6.07) is 21.3. The molecular weight excluding hydrogens is 663 g/mol. The number of hydrogen-bond acceptors (Lipinski definition) is 7. The molecule has 4 aliphatic carbocycles. The van der Waals surface area contributed by atoms with E-state index in [2.05, 4.69) is 94.6 Å². The van der Waals surface area contributed by atoms with E-state index in [4.69, 9.17) is 0 Å².